The number of nitrogens with one attached hydrogen (secondary N) is 1. The summed E-state index contributed by atoms with van der Waals surface area (Å²) in [6.07, 6.45) is 1.87. The van der Waals surface area contributed by atoms with Crippen LogP contribution in [0.3, 0.4) is 0 Å². The van der Waals surface area contributed by atoms with Gasteiger partial charge in [-0.25, -0.2) is 8.78 Å². The molecule has 2 unspecified atom stereocenters. The zero-order chi connectivity index (χ0) is 11.6. The quantitative estimate of drug-likeness (QED) is 0.828. The van der Waals surface area contributed by atoms with E-state index in [1.54, 1.807) is 0 Å². The normalized spacial score (nSPS) is 34.1. The van der Waals surface area contributed by atoms with Crippen molar-refractivity contribution >= 4 is 12.4 Å². The molecule has 1 saturated heterocycles. The van der Waals surface area contributed by atoms with Crippen LogP contribution >= 0.6 is 12.4 Å². The Morgan fingerprint density at radius 3 is 2.82 bits per heavy atom. The summed E-state index contributed by atoms with van der Waals surface area (Å²) >= 11 is 0. The first-order chi connectivity index (χ1) is 7.55. The van der Waals surface area contributed by atoms with E-state index in [2.05, 4.69) is 17.1 Å². The number of halogens is 3. The largest absolute Gasteiger partial charge is 0.312 e. The Morgan fingerprint density at radius 2 is 2.18 bits per heavy atom. The van der Waals surface area contributed by atoms with E-state index in [4.69, 9.17) is 0 Å². The van der Waals surface area contributed by atoms with Gasteiger partial charge in [0, 0.05) is 45.1 Å². The van der Waals surface area contributed by atoms with Crippen molar-refractivity contribution in [2.24, 2.45) is 5.92 Å². The van der Waals surface area contributed by atoms with E-state index in [1.165, 1.54) is 0 Å². The van der Waals surface area contributed by atoms with E-state index in [0.717, 1.165) is 32.6 Å². The SMILES string of the molecule is CC1CN(CC2CCCC(F)(F)C2)CCN1.Cl. The summed E-state index contributed by atoms with van der Waals surface area (Å²) in [5.74, 6) is -2.20. The fourth-order valence-electron chi connectivity index (χ4n) is 2.97. The minimum Gasteiger partial charge on any atom is -0.312 e. The number of nitrogens with zero attached hydrogens (tertiary/aromatic N) is 1. The van der Waals surface area contributed by atoms with E-state index < -0.39 is 5.92 Å². The zero-order valence-corrected chi connectivity index (χ0v) is 11.2. The van der Waals surface area contributed by atoms with Crippen LogP contribution in [0, 0.1) is 5.92 Å². The Balaban J connectivity index is 0.00000144. The van der Waals surface area contributed by atoms with Gasteiger partial charge >= 0.3 is 0 Å². The highest BCUT2D eigenvalue weighted by molar-refractivity contribution is 5.85. The fraction of sp³-hybridized carbons (Fsp3) is 1.00. The third kappa shape index (κ3) is 4.68. The summed E-state index contributed by atoms with van der Waals surface area (Å²) < 4.78 is 26.5. The van der Waals surface area contributed by atoms with Gasteiger partial charge < -0.3 is 10.2 Å². The van der Waals surface area contributed by atoms with Gasteiger partial charge in [-0.2, -0.15) is 0 Å². The second kappa shape index (κ2) is 6.30. The highest BCUT2D eigenvalue weighted by Gasteiger charge is 2.36. The number of piperazine rings is 1. The Morgan fingerprint density at radius 1 is 1.41 bits per heavy atom. The summed E-state index contributed by atoms with van der Waals surface area (Å²) in [7, 11) is 0. The van der Waals surface area contributed by atoms with Gasteiger partial charge in [-0.05, 0) is 25.7 Å². The lowest BCUT2D eigenvalue weighted by Gasteiger charge is -2.37. The Bertz CT molecular complexity index is 239. The van der Waals surface area contributed by atoms with Gasteiger partial charge in [-0.15, -0.1) is 12.4 Å². The predicted molar refractivity (Wildman–Crippen MR) is 68.1 cm³/mol. The summed E-state index contributed by atoms with van der Waals surface area (Å²) in [6.45, 7) is 6.02. The van der Waals surface area contributed by atoms with Gasteiger partial charge in [0.2, 0.25) is 5.92 Å². The zero-order valence-electron chi connectivity index (χ0n) is 10.4. The molecule has 2 fully saturated rings. The average molecular weight is 269 g/mol. The molecule has 0 radical (unpaired) electrons. The molecule has 102 valence electrons. The number of alkyl halides is 2. The molecule has 0 aromatic rings. The molecule has 0 spiro atoms. The molecular weight excluding hydrogens is 246 g/mol. The fourth-order valence-corrected chi connectivity index (χ4v) is 2.97. The van der Waals surface area contributed by atoms with E-state index >= 15 is 0 Å². The second-order valence-corrected chi connectivity index (χ2v) is 5.43. The molecule has 2 nitrogen and oxygen atoms in total. The van der Waals surface area contributed by atoms with Gasteiger partial charge in [-0.1, -0.05) is 0 Å². The first-order valence-electron chi connectivity index (χ1n) is 6.39. The van der Waals surface area contributed by atoms with Crippen LogP contribution in [0.25, 0.3) is 0 Å². The van der Waals surface area contributed by atoms with Crippen LogP contribution in [-0.4, -0.2) is 43.0 Å². The number of hydrogen-bond donors (Lipinski definition) is 1. The van der Waals surface area contributed by atoms with Crippen LogP contribution in [0.4, 0.5) is 8.78 Å². The van der Waals surface area contributed by atoms with Crippen molar-refractivity contribution in [3.63, 3.8) is 0 Å². The van der Waals surface area contributed by atoms with Gasteiger partial charge in [0.15, 0.2) is 0 Å². The first-order valence-corrected chi connectivity index (χ1v) is 6.39. The van der Waals surface area contributed by atoms with E-state index in [9.17, 15) is 8.78 Å². The van der Waals surface area contributed by atoms with Crippen molar-refractivity contribution in [2.75, 3.05) is 26.2 Å². The van der Waals surface area contributed by atoms with Crippen molar-refractivity contribution in [3.8, 4) is 0 Å². The number of hydrogen-bond acceptors (Lipinski definition) is 2. The molecule has 17 heavy (non-hydrogen) atoms. The standard InChI is InChI=1S/C12H22F2N2.ClH/c1-10-8-16(6-5-15-10)9-11-3-2-4-12(13,14)7-11;/h10-11,15H,2-9H2,1H3;1H. The maximum Gasteiger partial charge on any atom is 0.248 e. The maximum absolute atomic E-state index is 13.3. The molecule has 1 aliphatic carbocycles. The first kappa shape index (κ1) is 15.1. The van der Waals surface area contributed by atoms with Crippen LogP contribution in [0.5, 0.6) is 0 Å². The molecule has 0 bridgehead atoms. The average Bonchev–Trinajstić information content (AvgIpc) is 2.15. The van der Waals surface area contributed by atoms with Gasteiger partial charge in [0.1, 0.15) is 0 Å². The van der Waals surface area contributed by atoms with E-state index in [0.29, 0.717) is 12.5 Å². The molecule has 1 N–H and O–H groups in total. The maximum atomic E-state index is 13.3. The van der Waals surface area contributed by atoms with Crippen molar-refractivity contribution < 1.29 is 8.78 Å². The second-order valence-electron chi connectivity index (χ2n) is 5.43. The van der Waals surface area contributed by atoms with Crippen molar-refractivity contribution in [3.05, 3.63) is 0 Å². The van der Waals surface area contributed by atoms with E-state index in [1.807, 2.05) is 0 Å². The Kier molecular flexibility index (Phi) is 5.61. The molecule has 0 amide bonds. The molecule has 1 aliphatic heterocycles. The molecule has 1 heterocycles. The van der Waals surface area contributed by atoms with Crippen molar-refractivity contribution in [1.29, 1.82) is 0 Å². The predicted octanol–water partition coefficient (Wildman–Crippen LogP) is 2.53. The number of rotatable bonds is 2. The summed E-state index contributed by atoms with van der Waals surface area (Å²) in [5, 5.41) is 3.38. The highest BCUT2D eigenvalue weighted by Crippen LogP contribution is 2.36. The molecule has 2 atom stereocenters. The summed E-state index contributed by atoms with van der Waals surface area (Å²) in [6, 6.07) is 0.498. The third-order valence-corrected chi connectivity index (χ3v) is 3.71. The summed E-state index contributed by atoms with van der Waals surface area (Å²) in [4.78, 5) is 2.34. The molecule has 0 aromatic heterocycles. The van der Waals surface area contributed by atoms with E-state index in [-0.39, 0.29) is 31.2 Å². The molecular formula is C12H23ClF2N2. The third-order valence-electron chi connectivity index (χ3n) is 3.71. The topological polar surface area (TPSA) is 15.3 Å². The lowest BCUT2D eigenvalue weighted by atomic mass is 9.86. The summed E-state index contributed by atoms with van der Waals surface area (Å²) in [5.41, 5.74) is 0. The minimum absolute atomic E-state index is 0. The van der Waals surface area contributed by atoms with Crippen molar-refractivity contribution in [1.82, 2.24) is 10.2 Å². The molecule has 5 heteroatoms. The lowest BCUT2D eigenvalue weighted by Crippen LogP contribution is -2.50. The molecule has 0 aromatic carbocycles. The van der Waals surface area contributed by atoms with Gasteiger partial charge in [0.25, 0.3) is 0 Å². The molecule has 2 rings (SSSR count). The Labute approximate surface area is 109 Å². The van der Waals surface area contributed by atoms with Gasteiger partial charge in [0.05, 0.1) is 0 Å². The molecule has 1 saturated carbocycles. The highest BCUT2D eigenvalue weighted by atomic mass is 35.5. The lowest BCUT2D eigenvalue weighted by molar-refractivity contribution is -0.0576. The Hall–Kier alpha value is 0.0700. The van der Waals surface area contributed by atoms with Crippen LogP contribution < -0.4 is 5.32 Å². The van der Waals surface area contributed by atoms with Crippen LogP contribution in [-0.2, 0) is 0 Å². The smallest absolute Gasteiger partial charge is 0.248 e. The van der Waals surface area contributed by atoms with Crippen LogP contribution in [0.2, 0.25) is 0 Å². The minimum atomic E-state index is -2.40. The van der Waals surface area contributed by atoms with Crippen LogP contribution in [0.15, 0.2) is 0 Å². The van der Waals surface area contributed by atoms with Crippen LogP contribution in [0.1, 0.15) is 32.6 Å². The van der Waals surface area contributed by atoms with Gasteiger partial charge in [-0.3, -0.25) is 0 Å². The molecule has 2 aliphatic rings. The monoisotopic (exact) mass is 268 g/mol. The van der Waals surface area contributed by atoms with Crippen molar-refractivity contribution in [2.45, 2.75) is 44.6 Å².